The molecule has 3 N–H and O–H groups in total. The monoisotopic (exact) mass is 250 g/mol. The highest BCUT2D eigenvalue weighted by atomic mass is 79.9. The molecule has 0 aliphatic heterocycles. The molecule has 1 amide bonds. The molecule has 1 rings (SSSR count). The molecule has 3 nitrogen and oxygen atoms in total. The first-order valence-electron chi connectivity index (χ1n) is 4.79. The second-order valence-electron chi connectivity index (χ2n) is 3.51. The Morgan fingerprint density at radius 1 is 1.31 bits per heavy atom. The van der Waals surface area contributed by atoms with E-state index in [2.05, 4.69) is 5.32 Å². The summed E-state index contributed by atoms with van der Waals surface area (Å²) >= 11 is 0. The normalized spacial score (nSPS) is 17.6. The second-order valence-corrected chi connectivity index (χ2v) is 3.51. The molecule has 78 valence electrons. The summed E-state index contributed by atoms with van der Waals surface area (Å²) in [5.41, 5.74) is 5.18. The van der Waals surface area contributed by atoms with Crippen molar-refractivity contribution in [2.75, 3.05) is 13.1 Å². The van der Waals surface area contributed by atoms with Crippen LogP contribution in [0.1, 0.15) is 32.1 Å². The van der Waals surface area contributed by atoms with Crippen molar-refractivity contribution in [2.24, 2.45) is 11.7 Å². The number of nitrogens with one attached hydrogen (secondary N) is 1. The zero-order valence-corrected chi connectivity index (χ0v) is 9.63. The van der Waals surface area contributed by atoms with Crippen LogP contribution in [0, 0.1) is 5.92 Å². The Bertz CT molecular complexity index is 147. The van der Waals surface area contributed by atoms with Crippen molar-refractivity contribution in [1.82, 2.24) is 5.32 Å². The van der Waals surface area contributed by atoms with Crippen LogP contribution >= 0.6 is 17.0 Å². The van der Waals surface area contributed by atoms with Gasteiger partial charge in [0.05, 0.1) is 6.54 Å². The Morgan fingerprint density at radius 2 is 1.92 bits per heavy atom. The molecule has 0 aromatic carbocycles. The van der Waals surface area contributed by atoms with E-state index in [0.29, 0.717) is 5.92 Å². The van der Waals surface area contributed by atoms with Gasteiger partial charge >= 0.3 is 0 Å². The van der Waals surface area contributed by atoms with Gasteiger partial charge in [0.15, 0.2) is 0 Å². The van der Waals surface area contributed by atoms with Crippen LogP contribution in [-0.4, -0.2) is 19.0 Å². The molecule has 4 heteroatoms. The molecular weight excluding hydrogens is 232 g/mol. The number of halogens is 1. The van der Waals surface area contributed by atoms with Gasteiger partial charge in [-0.05, 0) is 18.8 Å². The fraction of sp³-hybridized carbons (Fsp3) is 0.889. The molecule has 0 spiro atoms. The first kappa shape index (κ1) is 12.9. The number of carbonyl (C=O) groups is 1. The standard InChI is InChI=1S/C9H18N2O.BrH/c10-6-9(12)11-7-8-4-2-1-3-5-8;/h8H,1-7,10H2,(H,11,12);1H. The van der Waals surface area contributed by atoms with Gasteiger partial charge in [0.25, 0.3) is 0 Å². The molecule has 0 aromatic heterocycles. The molecule has 0 saturated heterocycles. The van der Waals surface area contributed by atoms with Crippen LogP contribution < -0.4 is 11.1 Å². The molecule has 1 aliphatic carbocycles. The molecule has 1 saturated carbocycles. The number of amides is 1. The quantitative estimate of drug-likeness (QED) is 0.792. The minimum atomic E-state index is -0.0272. The van der Waals surface area contributed by atoms with Crippen molar-refractivity contribution in [3.05, 3.63) is 0 Å². The highest BCUT2D eigenvalue weighted by Gasteiger charge is 2.13. The minimum absolute atomic E-state index is 0. The lowest BCUT2D eigenvalue weighted by atomic mass is 9.89. The van der Waals surface area contributed by atoms with Crippen LogP contribution in [0.3, 0.4) is 0 Å². The lowest BCUT2D eigenvalue weighted by Crippen LogP contribution is -2.34. The van der Waals surface area contributed by atoms with E-state index in [9.17, 15) is 4.79 Å². The number of hydrogen-bond acceptors (Lipinski definition) is 2. The van der Waals surface area contributed by atoms with Crippen LogP contribution in [0.4, 0.5) is 0 Å². The first-order valence-corrected chi connectivity index (χ1v) is 4.79. The van der Waals surface area contributed by atoms with Crippen molar-refractivity contribution < 1.29 is 4.79 Å². The summed E-state index contributed by atoms with van der Waals surface area (Å²) in [6.07, 6.45) is 6.55. The molecule has 1 aliphatic rings. The first-order chi connectivity index (χ1) is 5.83. The summed E-state index contributed by atoms with van der Waals surface area (Å²) in [5.74, 6) is 0.676. The van der Waals surface area contributed by atoms with Crippen molar-refractivity contribution in [1.29, 1.82) is 0 Å². The fourth-order valence-corrected chi connectivity index (χ4v) is 1.72. The smallest absolute Gasteiger partial charge is 0.233 e. The van der Waals surface area contributed by atoms with Gasteiger partial charge < -0.3 is 11.1 Å². The number of nitrogens with two attached hydrogens (primary N) is 1. The highest BCUT2D eigenvalue weighted by Crippen LogP contribution is 2.22. The average Bonchev–Trinajstić information content (AvgIpc) is 2.16. The average molecular weight is 251 g/mol. The second kappa shape index (κ2) is 7.33. The van der Waals surface area contributed by atoms with Crippen molar-refractivity contribution in [2.45, 2.75) is 32.1 Å². The van der Waals surface area contributed by atoms with E-state index in [0.717, 1.165) is 6.54 Å². The van der Waals surface area contributed by atoms with E-state index in [-0.39, 0.29) is 29.4 Å². The van der Waals surface area contributed by atoms with Crippen molar-refractivity contribution >= 4 is 22.9 Å². The maximum absolute atomic E-state index is 10.8. The number of carbonyl (C=O) groups excluding carboxylic acids is 1. The van der Waals surface area contributed by atoms with E-state index in [1.165, 1.54) is 32.1 Å². The van der Waals surface area contributed by atoms with E-state index >= 15 is 0 Å². The Balaban J connectivity index is 0.00000144. The molecule has 0 heterocycles. The number of hydrogen-bond donors (Lipinski definition) is 2. The summed E-state index contributed by atoms with van der Waals surface area (Å²) in [6, 6.07) is 0. The van der Waals surface area contributed by atoms with Crippen LogP contribution in [0.5, 0.6) is 0 Å². The lowest BCUT2D eigenvalue weighted by Gasteiger charge is -2.21. The predicted molar refractivity (Wildman–Crippen MR) is 59.0 cm³/mol. The van der Waals surface area contributed by atoms with E-state index in [1.54, 1.807) is 0 Å². The van der Waals surface area contributed by atoms with Crippen LogP contribution in [0.15, 0.2) is 0 Å². The van der Waals surface area contributed by atoms with Crippen molar-refractivity contribution in [3.63, 3.8) is 0 Å². The summed E-state index contributed by atoms with van der Waals surface area (Å²) in [7, 11) is 0. The molecule has 0 radical (unpaired) electrons. The van der Waals surface area contributed by atoms with E-state index in [1.807, 2.05) is 0 Å². The molecule has 13 heavy (non-hydrogen) atoms. The summed E-state index contributed by atoms with van der Waals surface area (Å²) in [4.78, 5) is 10.8. The van der Waals surface area contributed by atoms with E-state index in [4.69, 9.17) is 5.73 Å². The van der Waals surface area contributed by atoms with Gasteiger partial charge in [0.1, 0.15) is 0 Å². The Kier molecular flexibility index (Phi) is 7.28. The molecule has 1 fully saturated rings. The highest BCUT2D eigenvalue weighted by molar-refractivity contribution is 8.93. The molecule has 0 atom stereocenters. The SMILES string of the molecule is Br.NCC(=O)NCC1CCCCC1. The Labute approximate surface area is 90.2 Å². The van der Waals surface area contributed by atoms with Gasteiger partial charge in [-0.15, -0.1) is 17.0 Å². The molecule has 0 bridgehead atoms. The largest absolute Gasteiger partial charge is 0.355 e. The van der Waals surface area contributed by atoms with Crippen LogP contribution in [-0.2, 0) is 4.79 Å². The van der Waals surface area contributed by atoms with Crippen LogP contribution in [0.2, 0.25) is 0 Å². The fourth-order valence-electron chi connectivity index (χ4n) is 1.72. The maximum Gasteiger partial charge on any atom is 0.233 e. The third kappa shape index (κ3) is 5.26. The van der Waals surface area contributed by atoms with Gasteiger partial charge in [0.2, 0.25) is 5.91 Å². The molecule has 0 aromatic rings. The van der Waals surface area contributed by atoms with Crippen LogP contribution in [0.25, 0.3) is 0 Å². The third-order valence-corrected chi connectivity index (χ3v) is 2.50. The summed E-state index contributed by atoms with van der Waals surface area (Å²) < 4.78 is 0. The van der Waals surface area contributed by atoms with Gasteiger partial charge in [-0.25, -0.2) is 0 Å². The lowest BCUT2D eigenvalue weighted by molar-refractivity contribution is -0.119. The predicted octanol–water partition coefficient (Wildman–Crippen LogP) is 1.22. The third-order valence-electron chi connectivity index (χ3n) is 2.50. The zero-order chi connectivity index (χ0) is 8.81. The van der Waals surface area contributed by atoms with Gasteiger partial charge in [-0.2, -0.15) is 0 Å². The number of rotatable bonds is 3. The van der Waals surface area contributed by atoms with Gasteiger partial charge in [0, 0.05) is 6.54 Å². The Morgan fingerprint density at radius 3 is 2.46 bits per heavy atom. The zero-order valence-electron chi connectivity index (χ0n) is 7.92. The van der Waals surface area contributed by atoms with Crippen molar-refractivity contribution in [3.8, 4) is 0 Å². The topological polar surface area (TPSA) is 55.1 Å². The Hall–Kier alpha value is -0.0900. The minimum Gasteiger partial charge on any atom is -0.355 e. The van der Waals surface area contributed by atoms with Gasteiger partial charge in [-0.3, -0.25) is 4.79 Å². The van der Waals surface area contributed by atoms with E-state index < -0.39 is 0 Å². The summed E-state index contributed by atoms with van der Waals surface area (Å²) in [6.45, 7) is 0.947. The van der Waals surface area contributed by atoms with Gasteiger partial charge in [-0.1, -0.05) is 19.3 Å². The molecular formula is C9H19BrN2O. The maximum atomic E-state index is 10.8. The molecule has 0 unspecified atom stereocenters. The summed E-state index contributed by atoms with van der Waals surface area (Å²) in [5, 5.41) is 2.84.